The van der Waals surface area contributed by atoms with Gasteiger partial charge in [0, 0.05) is 25.8 Å². The van der Waals surface area contributed by atoms with Gasteiger partial charge in [0.25, 0.3) is 15.9 Å². The Labute approximate surface area is 164 Å². The molecule has 2 aliphatic rings. The lowest BCUT2D eigenvalue weighted by Crippen LogP contribution is -2.38. The first-order chi connectivity index (χ1) is 13.4. The number of carbonyl (C=O) groups is 1. The fourth-order valence-electron chi connectivity index (χ4n) is 4.10. The molecule has 2 fully saturated rings. The Morgan fingerprint density at radius 1 is 1.21 bits per heavy atom. The lowest BCUT2D eigenvalue weighted by Gasteiger charge is -2.33. The highest BCUT2D eigenvalue weighted by Crippen LogP contribution is 2.34. The smallest absolute Gasteiger partial charge is 0.271 e. The number of sulfonamides is 1. The van der Waals surface area contributed by atoms with E-state index in [1.54, 1.807) is 17.7 Å². The number of aromatic nitrogens is 4. The first kappa shape index (κ1) is 19.1. The number of rotatable bonds is 5. The molecule has 1 atom stereocenters. The van der Waals surface area contributed by atoms with Gasteiger partial charge in [-0.1, -0.05) is 19.3 Å². The molecule has 1 saturated heterocycles. The van der Waals surface area contributed by atoms with E-state index in [4.69, 9.17) is 0 Å². The van der Waals surface area contributed by atoms with E-state index in [1.807, 2.05) is 0 Å². The number of imidazole rings is 1. The van der Waals surface area contributed by atoms with Crippen LogP contribution in [0, 0.1) is 0 Å². The number of nitrogens with one attached hydrogen (secondary N) is 2. The highest BCUT2D eigenvalue weighted by molar-refractivity contribution is 7.89. The Bertz CT molecular complexity index is 944. The molecule has 9 nitrogen and oxygen atoms in total. The van der Waals surface area contributed by atoms with Crippen LogP contribution in [0.25, 0.3) is 0 Å². The molecule has 28 heavy (non-hydrogen) atoms. The number of H-pyrrole nitrogens is 1. The van der Waals surface area contributed by atoms with Crippen molar-refractivity contribution in [2.75, 3.05) is 6.54 Å². The number of hydrogen-bond acceptors (Lipinski definition) is 5. The molecule has 0 aromatic carbocycles. The van der Waals surface area contributed by atoms with Crippen LogP contribution in [0.2, 0.25) is 0 Å². The molecule has 1 aliphatic heterocycles. The van der Waals surface area contributed by atoms with Crippen LogP contribution in [-0.4, -0.2) is 51.0 Å². The number of hydrogen-bond donors (Lipinski definition) is 2. The molecule has 0 unspecified atom stereocenters. The molecule has 1 amide bonds. The summed E-state index contributed by atoms with van der Waals surface area (Å²) in [7, 11) is -1.98. The van der Waals surface area contributed by atoms with Gasteiger partial charge >= 0.3 is 0 Å². The second-order valence-electron chi connectivity index (χ2n) is 7.67. The van der Waals surface area contributed by atoms with Crippen molar-refractivity contribution < 1.29 is 13.2 Å². The molecule has 0 radical (unpaired) electrons. The number of nitrogens with zero attached hydrogens (tertiary/aromatic N) is 4. The number of amides is 1. The average molecular weight is 407 g/mol. The zero-order valence-corrected chi connectivity index (χ0v) is 16.8. The van der Waals surface area contributed by atoms with Crippen LogP contribution in [0.1, 0.15) is 67.2 Å². The average Bonchev–Trinajstić information content (AvgIpc) is 3.43. The monoisotopic (exact) mass is 406 g/mol. The Kier molecular flexibility index (Phi) is 5.24. The minimum atomic E-state index is -3.72. The van der Waals surface area contributed by atoms with Gasteiger partial charge in [-0.3, -0.25) is 9.89 Å². The predicted molar refractivity (Wildman–Crippen MR) is 102 cm³/mol. The van der Waals surface area contributed by atoms with Gasteiger partial charge in [-0.05, 0) is 31.7 Å². The van der Waals surface area contributed by atoms with Crippen molar-refractivity contribution in [1.82, 2.24) is 29.4 Å². The van der Waals surface area contributed by atoms with Crippen LogP contribution in [0.3, 0.4) is 0 Å². The summed E-state index contributed by atoms with van der Waals surface area (Å²) in [4.78, 5) is 16.5. The van der Waals surface area contributed by atoms with Crippen molar-refractivity contribution in [1.29, 1.82) is 0 Å². The third kappa shape index (κ3) is 3.70. The Morgan fingerprint density at radius 2 is 1.96 bits per heavy atom. The Balaban J connectivity index is 1.55. The lowest BCUT2D eigenvalue weighted by atomic mass is 10.0. The largest absolute Gasteiger partial charge is 0.348 e. The molecule has 1 saturated carbocycles. The van der Waals surface area contributed by atoms with Crippen molar-refractivity contribution in [3.63, 3.8) is 0 Å². The van der Waals surface area contributed by atoms with Crippen LogP contribution in [0.4, 0.5) is 0 Å². The fraction of sp³-hybridized carbons (Fsp3) is 0.611. The summed E-state index contributed by atoms with van der Waals surface area (Å²) in [5.41, 5.74) is 0.957. The summed E-state index contributed by atoms with van der Waals surface area (Å²) in [6.45, 7) is 0.423. The minimum Gasteiger partial charge on any atom is -0.348 e. The topological polar surface area (TPSA) is 113 Å². The number of carbonyl (C=O) groups excluding carboxylic acids is 1. The second-order valence-corrected chi connectivity index (χ2v) is 9.51. The maximum atomic E-state index is 13.1. The summed E-state index contributed by atoms with van der Waals surface area (Å²) in [6.07, 6.45) is 9.66. The normalized spacial score (nSPS) is 21.8. The number of piperidine rings is 1. The van der Waals surface area contributed by atoms with Crippen LogP contribution >= 0.6 is 0 Å². The van der Waals surface area contributed by atoms with Gasteiger partial charge in [0.15, 0.2) is 5.03 Å². The number of aromatic amines is 1. The SMILES string of the molecule is Cn1cnc(S(=O)(=O)N2CCCC[C@H]2c2cc(C(=O)NC3CCCC3)n[nH]2)c1. The highest BCUT2D eigenvalue weighted by atomic mass is 32.2. The summed E-state index contributed by atoms with van der Waals surface area (Å²) in [5.74, 6) is -0.204. The molecule has 2 aromatic heterocycles. The van der Waals surface area contributed by atoms with Gasteiger partial charge in [-0.25, -0.2) is 13.4 Å². The van der Waals surface area contributed by atoms with Gasteiger partial charge in [-0.2, -0.15) is 9.40 Å². The van der Waals surface area contributed by atoms with Gasteiger partial charge in [0.1, 0.15) is 5.69 Å². The summed E-state index contributed by atoms with van der Waals surface area (Å²) < 4.78 is 29.3. The van der Waals surface area contributed by atoms with Crippen molar-refractivity contribution in [3.8, 4) is 0 Å². The van der Waals surface area contributed by atoms with Gasteiger partial charge in [-0.15, -0.1) is 0 Å². The minimum absolute atomic E-state index is 0.0422. The first-order valence-electron chi connectivity index (χ1n) is 9.81. The molecular weight excluding hydrogens is 380 g/mol. The van der Waals surface area contributed by atoms with Crippen molar-refractivity contribution in [3.05, 3.63) is 30.0 Å². The molecule has 10 heteroatoms. The molecule has 1 aliphatic carbocycles. The lowest BCUT2D eigenvalue weighted by molar-refractivity contribution is 0.0933. The van der Waals surface area contributed by atoms with Crippen LogP contribution in [0.5, 0.6) is 0 Å². The molecule has 0 spiro atoms. The Morgan fingerprint density at radius 3 is 2.68 bits per heavy atom. The van der Waals surface area contributed by atoms with E-state index >= 15 is 0 Å². The second kappa shape index (κ2) is 7.67. The van der Waals surface area contributed by atoms with Crippen molar-refractivity contribution >= 4 is 15.9 Å². The van der Waals surface area contributed by atoms with E-state index in [1.165, 1.54) is 16.8 Å². The number of aryl methyl sites for hydroxylation is 1. The summed E-state index contributed by atoms with van der Waals surface area (Å²) >= 11 is 0. The molecule has 152 valence electrons. The van der Waals surface area contributed by atoms with E-state index in [0.717, 1.165) is 38.5 Å². The zero-order valence-electron chi connectivity index (χ0n) is 16.0. The predicted octanol–water partition coefficient (Wildman–Crippen LogP) is 1.73. The molecule has 0 bridgehead atoms. The first-order valence-corrected chi connectivity index (χ1v) is 11.2. The van der Waals surface area contributed by atoms with E-state index in [-0.39, 0.29) is 23.0 Å². The fourth-order valence-corrected chi connectivity index (χ4v) is 5.74. The van der Waals surface area contributed by atoms with Crippen LogP contribution < -0.4 is 5.32 Å². The zero-order chi connectivity index (χ0) is 19.7. The van der Waals surface area contributed by atoms with Gasteiger partial charge in [0.05, 0.1) is 18.1 Å². The highest BCUT2D eigenvalue weighted by Gasteiger charge is 2.37. The van der Waals surface area contributed by atoms with E-state index in [2.05, 4.69) is 20.5 Å². The molecule has 4 rings (SSSR count). The molecule has 2 N–H and O–H groups in total. The van der Waals surface area contributed by atoms with Crippen LogP contribution in [-0.2, 0) is 17.1 Å². The maximum absolute atomic E-state index is 13.1. The van der Waals surface area contributed by atoms with E-state index in [0.29, 0.717) is 24.4 Å². The molecular formula is C18H26N6O3S. The van der Waals surface area contributed by atoms with Gasteiger partial charge < -0.3 is 9.88 Å². The summed E-state index contributed by atoms with van der Waals surface area (Å²) in [6, 6.07) is 1.52. The summed E-state index contributed by atoms with van der Waals surface area (Å²) in [5, 5.41) is 10.1. The van der Waals surface area contributed by atoms with Crippen LogP contribution in [0.15, 0.2) is 23.6 Å². The standard InChI is InChI=1S/C18H26N6O3S/c1-23-11-17(19-12-23)28(26,27)24-9-5-4-8-16(24)14-10-15(22-21-14)18(25)20-13-6-2-3-7-13/h10-13,16H,2-9H2,1H3,(H,20,25)(H,21,22)/t16-/m0/s1. The maximum Gasteiger partial charge on any atom is 0.271 e. The third-order valence-corrected chi connectivity index (χ3v) is 7.38. The molecule has 3 heterocycles. The molecule has 2 aromatic rings. The van der Waals surface area contributed by atoms with E-state index in [9.17, 15) is 13.2 Å². The van der Waals surface area contributed by atoms with Crippen molar-refractivity contribution in [2.24, 2.45) is 7.05 Å². The Hall–Kier alpha value is -2.20. The van der Waals surface area contributed by atoms with Gasteiger partial charge in [0.2, 0.25) is 0 Å². The van der Waals surface area contributed by atoms with E-state index < -0.39 is 10.0 Å². The van der Waals surface area contributed by atoms with Crippen molar-refractivity contribution in [2.45, 2.75) is 62.1 Å². The third-order valence-electron chi connectivity index (χ3n) is 5.59. The quantitative estimate of drug-likeness (QED) is 0.785.